The maximum absolute atomic E-state index is 5.52. The molecular weight excluding hydrogens is 228 g/mol. The van der Waals surface area contributed by atoms with Crippen molar-refractivity contribution < 1.29 is 4.74 Å². The van der Waals surface area contributed by atoms with Gasteiger partial charge < -0.3 is 15.0 Å². The van der Waals surface area contributed by atoms with Crippen LogP contribution in [0.3, 0.4) is 0 Å². The van der Waals surface area contributed by atoms with Crippen LogP contribution in [0, 0.1) is 0 Å². The summed E-state index contributed by atoms with van der Waals surface area (Å²) >= 11 is 0. The van der Waals surface area contributed by atoms with Gasteiger partial charge in [0.25, 0.3) is 0 Å². The number of aromatic nitrogens is 2. The van der Waals surface area contributed by atoms with Crippen molar-refractivity contribution in [2.45, 2.75) is 32.7 Å². The van der Waals surface area contributed by atoms with Gasteiger partial charge in [-0.25, -0.2) is 4.98 Å². The largest absolute Gasteiger partial charge is 0.377 e. The lowest BCUT2D eigenvalue weighted by atomic mass is 10.2. The van der Waals surface area contributed by atoms with Crippen molar-refractivity contribution in [1.29, 1.82) is 0 Å². The van der Waals surface area contributed by atoms with E-state index in [9.17, 15) is 0 Å². The fourth-order valence-electron chi connectivity index (χ4n) is 2.13. The summed E-state index contributed by atoms with van der Waals surface area (Å²) in [5.74, 6) is 1.72. The molecule has 2 rings (SSSR count). The summed E-state index contributed by atoms with van der Waals surface area (Å²) < 4.78 is 5.52. The lowest BCUT2D eigenvalue weighted by molar-refractivity contribution is 0.0926. The van der Waals surface area contributed by atoms with Gasteiger partial charge in [0.15, 0.2) is 0 Å². The third-order valence-corrected chi connectivity index (χ3v) is 3.17. The topological polar surface area (TPSA) is 50.3 Å². The van der Waals surface area contributed by atoms with Crippen LogP contribution in [0.25, 0.3) is 0 Å². The Morgan fingerprint density at radius 2 is 2.39 bits per heavy atom. The monoisotopic (exact) mass is 250 g/mol. The lowest BCUT2D eigenvalue weighted by Crippen LogP contribution is -2.45. The molecule has 0 aliphatic carbocycles. The fourth-order valence-corrected chi connectivity index (χ4v) is 2.13. The lowest BCUT2D eigenvalue weighted by Gasteiger charge is -2.36. The standard InChI is InChI=1S/C13H22N4O/c1-3-6-14-13-15-7-5-12(16-13)17-8-9-18-10-11(17)4-2/h5,7,11H,3-4,6,8-10H2,1-2H3,(H,14,15,16). The summed E-state index contributed by atoms with van der Waals surface area (Å²) in [6.07, 6.45) is 3.97. The van der Waals surface area contributed by atoms with Crippen molar-refractivity contribution in [3.63, 3.8) is 0 Å². The first-order chi connectivity index (χ1) is 8.85. The molecule has 0 amide bonds. The highest BCUT2D eigenvalue weighted by atomic mass is 16.5. The maximum Gasteiger partial charge on any atom is 0.224 e. The van der Waals surface area contributed by atoms with E-state index in [-0.39, 0.29) is 0 Å². The molecule has 1 fully saturated rings. The molecule has 1 saturated heterocycles. The molecule has 1 atom stereocenters. The predicted molar refractivity (Wildman–Crippen MR) is 73.1 cm³/mol. The van der Waals surface area contributed by atoms with Gasteiger partial charge in [-0.05, 0) is 18.9 Å². The molecule has 5 nitrogen and oxygen atoms in total. The minimum Gasteiger partial charge on any atom is -0.377 e. The Kier molecular flexibility index (Phi) is 4.75. The van der Waals surface area contributed by atoms with Gasteiger partial charge in [-0.3, -0.25) is 0 Å². The van der Waals surface area contributed by atoms with Crippen molar-refractivity contribution in [2.75, 3.05) is 36.5 Å². The third kappa shape index (κ3) is 3.10. The van der Waals surface area contributed by atoms with Crippen LogP contribution < -0.4 is 10.2 Å². The van der Waals surface area contributed by atoms with Crippen molar-refractivity contribution >= 4 is 11.8 Å². The van der Waals surface area contributed by atoms with Gasteiger partial charge in [-0.1, -0.05) is 13.8 Å². The highest BCUT2D eigenvalue weighted by Gasteiger charge is 2.22. The highest BCUT2D eigenvalue weighted by molar-refractivity contribution is 5.43. The molecule has 0 radical (unpaired) electrons. The van der Waals surface area contributed by atoms with Gasteiger partial charge in [0.1, 0.15) is 5.82 Å². The van der Waals surface area contributed by atoms with E-state index in [0.717, 1.165) is 50.9 Å². The second-order valence-corrected chi connectivity index (χ2v) is 4.50. The van der Waals surface area contributed by atoms with Gasteiger partial charge in [0.05, 0.1) is 19.3 Å². The minimum absolute atomic E-state index is 0.424. The Morgan fingerprint density at radius 1 is 1.50 bits per heavy atom. The molecule has 100 valence electrons. The normalized spacial score (nSPS) is 19.9. The van der Waals surface area contributed by atoms with Crippen molar-refractivity contribution in [1.82, 2.24) is 9.97 Å². The first-order valence-electron chi connectivity index (χ1n) is 6.76. The van der Waals surface area contributed by atoms with Crippen molar-refractivity contribution in [3.05, 3.63) is 12.3 Å². The number of hydrogen-bond acceptors (Lipinski definition) is 5. The molecule has 2 heterocycles. The summed E-state index contributed by atoms with van der Waals surface area (Å²) in [6, 6.07) is 2.40. The molecular formula is C13H22N4O. The zero-order valence-electron chi connectivity index (χ0n) is 11.2. The smallest absolute Gasteiger partial charge is 0.224 e. The average molecular weight is 250 g/mol. The second-order valence-electron chi connectivity index (χ2n) is 4.50. The number of hydrogen-bond donors (Lipinski definition) is 1. The van der Waals surface area contributed by atoms with Crippen LogP contribution >= 0.6 is 0 Å². The average Bonchev–Trinajstić information content (AvgIpc) is 2.45. The van der Waals surface area contributed by atoms with E-state index in [1.165, 1.54) is 0 Å². The Morgan fingerprint density at radius 3 is 3.17 bits per heavy atom. The van der Waals surface area contributed by atoms with Crippen LogP contribution in [0.5, 0.6) is 0 Å². The highest BCUT2D eigenvalue weighted by Crippen LogP contribution is 2.19. The molecule has 1 aliphatic heterocycles. The first-order valence-corrected chi connectivity index (χ1v) is 6.76. The summed E-state index contributed by atoms with van der Waals surface area (Å²) in [7, 11) is 0. The van der Waals surface area contributed by atoms with Crippen LogP contribution in [0.15, 0.2) is 12.3 Å². The molecule has 0 aromatic carbocycles. The summed E-state index contributed by atoms with van der Waals surface area (Å²) in [5, 5.41) is 3.23. The molecule has 5 heteroatoms. The van der Waals surface area contributed by atoms with Crippen molar-refractivity contribution in [2.24, 2.45) is 0 Å². The van der Waals surface area contributed by atoms with E-state index < -0.39 is 0 Å². The van der Waals surface area contributed by atoms with E-state index in [4.69, 9.17) is 4.74 Å². The molecule has 1 N–H and O–H groups in total. The summed E-state index contributed by atoms with van der Waals surface area (Å²) in [5.41, 5.74) is 0. The van der Waals surface area contributed by atoms with E-state index in [1.807, 2.05) is 12.3 Å². The third-order valence-electron chi connectivity index (χ3n) is 3.17. The maximum atomic E-state index is 5.52. The van der Waals surface area contributed by atoms with Gasteiger partial charge >= 0.3 is 0 Å². The number of rotatable bonds is 5. The summed E-state index contributed by atoms with van der Waals surface area (Å²) in [6.45, 7) is 7.69. The summed E-state index contributed by atoms with van der Waals surface area (Å²) in [4.78, 5) is 11.1. The number of morpholine rings is 1. The molecule has 1 aromatic heterocycles. The fraction of sp³-hybridized carbons (Fsp3) is 0.692. The first kappa shape index (κ1) is 13.1. The Labute approximate surface area is 109 Å². The second kappa shape index (κ2) is 6.54. The molecule has 0 spiro atoms. The molecule has 1 aromatic rings. The zero-order valence-corrected chi connectivity index (χ0v) is 11.2. The van der Waals surface area contributed by atoms with Gasteiger partial charge in [0.2, 0.25) is 5.95 Å². The molecule has 1 unspecified atom stereocenters. The Bertz CT molecular complexity index is 372. The quantitative estimate of drug-likeness (QED) is 0.865. The Balaban J connectivity index is 2.10. The molecule has 18 heavy (non-hydrogen) atoms. The van der Waals surface area contributed by atoms with E-state index >= 15 is 0 Å². The molecule has 0 bridgehead atoms. The minimum atomic E-state index is 0.424. The van der Waals surface area contributed by atoms with E-state index in [1.54, 1.807) is 0 Å². The number of ether oxygens (including phenoxy) is 1. The van der Waals surface area contributed by atoms with E-state index in [0.29, 0.717) is 6.04 Å². The van der Waals surface area contributed by atoms with Crippen molar-refractivity contribution in [3.8, 4) is 0 Å². The molecule has 1 aliphatic rings. The molecule has 0 saturated carbocycles. The van der Waals surface area contributed by atoms with Gasteiger partial charge in [-0.2, -0.15) is 4.98 Å². The van der Waals surface area contributed by atoms with Crippen LogP contribution in [0.4, 0.5) is 11.8 Å². The van der Waals surface area contributed by atoms with E-state index in [2.05, 4.69) is 34.0 Å². The van der Waals surface area contributed by atoms with Crippen LogP contribution in [0.1, 0.15) is 26.7 Å². The van der Waals surface area contributed by atoms with Crippen LogP contribution in [0.2, 0.25) is 0 Å². The number of nitrogens with one attached hydrogen (secondary N) is 1. The number of nitrogens with zero attached hydrogens (tertiary/aromatic N) is 3. The van der Waals surface area contributed by atoms with Gasteiger partial charge in [-0.15, -0.1) is 0 Å². The van der Waals surface area contributed by atoms with Crippen LogP contribution in [-0.2, 0) is 4.74 Å². The Hall–Kier alpha value is -1.36. The zero-order chi connectivity index (χ0) is 12.8. The predicted octanol–water partition coefficient (Wildman–Crippen LogP) is 1.91. The van der Waals surface area contributed by atoms with Gasteiger partial charge in [0, 0.05) is 19.3 Å². The number of anilines is 2. The van der Waals surface area contributed by atoms with Crippen LogP contribution in [-0.4, -0.2) is 42.3 Å². The SMILES string of the molecule is CCCNc1nccc(N2CCOCC2CC)n1.